The molecule has 0 aliphatic carbocycles. The summed E-state index contributed by atoms with van der Waals surface area (Å²) < 4.78 is 23.3. The zero-order valence-corrected chi connectivity index (χ0v) is 13.5. The molecule has 0 radical (unpaired) electrons. The van der Waals surface area contributed by atoms with Gasteiger partial charge in [-0.05, 0) is 62.9 Å². The first-order valence-electron chi connectivity index (χ1n) is 7.46. The smallest absolute Gasteiger partial charge is 0.175 e. The van der Waals surface area contributed by atoms with Crippen molar-refractivity contribution in [2.24, 2.45) is 0 Å². The molecule has 1 unspecified atom stereocenters. The second-order valence-electron chi connectivity index (χ2n) is 5.91. The SMILES string of the molecule is CCC(C)N1CCC(c2cccc(S(C)(=O)=O)c2)CC1. The summed E-state index contributed by atoms with van der Waals surface area (Å²) >= 11 is 0. The normalized spacial score (nSPS) is 19.9. The van der Waals surface area contributed by atoms with Crippen LogP contribution >= 0.6 is 0 Å². The molecule has 1 aromatic carbocycles. The Morgan fingerprint density at radius 2 is 1.95 bits per heavy atom. The minimum atomic E-state index is -3.10. The van der Waals surface area contributed by atoms with E-state index in [0.29, 0.717) is 16.9 Å². The van der Waals surface area contributed by atoms with Gasteiger partial charge in [0.1, 0.15) is 0 Å². The van der Waals surface area contributed by atoms with Crippen LogP contribution in [0.25, 0.3) is 0 Å². The molecule has 3 nitrogen and oxygen atoms in total. The molecule has 1 heterocycles. The van der Waals surface area contributed by atoms with Crippen molar-refractivity contribution in [2.75, 3.05) is 19.3 Å². The molecule has 112 valence electrons. The number of sulfone groups is 1. The Labute approximate surface area is 122 Å². The van der Waals surface area contributed by atoms with Crippen LogP contribution in [0, 0.1) is 0 Å². The second kappa shape index (κ2) is 6.27. The lowest BCUT2D eigenvalue weighted by molar-refractivity contribution is 0.158. The number of likely N-dealkylation sites (tertiary alicyclic amines) is 1. The molecular formula is C16H25NO2S. The quantitative estimate of drug-likeness (QED) is 0.856. The molecule has 20 heavy (non-hydrogen) atoms. The summed E-state index contributed by atoms with van der Waals surface area (Å²) in [4.78, 5) is 2.98. The summed E-state index contributed by atoms with van der Waals surface area (Å²) in [5.41, 5.74) is 1.18. The molecule has 1 aromatic rings. The first kappa shape index (κ1) is 15.5. The van der Waals surface area contributed by atoms with E-state index < -0.39 is 9.84 Å². The third-order valence-corrected chi connectivity index (χ3v) is 5.61. The molecule has 2 rings (SSSR count). The van der Waals surface area contributed by atoms with Crippen LogP contribution < -0.4 is 0 Å². The lowest BCUT2D eigenvalue weighted by atomic mass is 9.89. The molecule has 0 amide bonds. The van der Waals surface area contributed by atoms with Gasteiger partial charge in [0.05, 0.1) is 4.90 Å². The molecule has 0 saturated carbocycles. The van der Waals surface area contributed by atoms with E-state index in [0.717, 1.165) is 25.9 Å². The number of hydrogen-bond acceptors (Lipinski definition) is 3. The highest BCUT2D eigenvalue weighted by atomic mass is 32.2. The molecule has 1 aliphatic heterocycles. The van der Waals surface area contributed by atoms with Crippen molar-refractivity contribution in [2.45, 2.75) is 50.0 Å². The van der Waals surface area contributed by atoms with E-state index in [2.05, 4.69) is 24.8 Å². The van der Waals surface area contributed by atoms with Gasteiger partial charge in [0.15, 0.2) is 9.84 Å². The lowest BCUT2D eigenvalue weighted by Gasteiger charge is -2.36. The Kier molecular flexibility index (Phi) is 4.86. The average Bonchev–Trinajstić information content (AvgIpc) is 2.46. The summed E-state index contributed by atoms with van der Waals surface area (Å²) in [6.07, 6.45) is 4.71. The van der Waals surface area contributed by atoms with E-state index in [1.54, 1.807) is 6.07 Å². The molecule has 1 saturated heterocycles. The van der Waals surface area contributed by atoms with Gasteiger partial charge in [-0.25, -0.2) is 8.42 Å². The van der Waals surface area contributed by atoms with Crippen LogP contribution in [0.15, 0.2) is 29.2 Å². The first-order chi connectivity index (χ1) is 9.41. The van der Waals surface area contributed by atoms with Gasteiger partial charge in [0, 0.05) is 12.3 Å². The molecule has 1 aliphatic rings. The fraction of sp³-hybridized carbons (Fsp3) is 0.625. The standard InChI is InChI=1S/C16H25NO2S/c1-4-13(2)17-10-8-14(9-11-17)15-6-5-7-16(12-15)20(3,18)19/h5-7,12-14H,4,8-11H2,1-3H3. The summed E-state index contributed by atoms with van der Waals surface area (Å²) in [5, 5.41) is 0. The maximum atomic E-state index is 11.6. The molecular weight excluding hydrogens is 270 g/mol. The minimum Gasteiger partial charge on any atom is -0.301 e. The van der Waals surface area contributed by atoms with Crippen molar-refractivity contribution < 1.29 is 8.42 Å². The Morgan fingerprint density at radius 3 is 2.50 bits per heavy atom. The fourth-order valence-corrected chi connectivity index (χ4v) is 3.61. The Hall–Kier alpha value is -0.870. The maximum Gasteiger partial charge on any atom is 0.175 e. The van der Waals surface area contributed by atoms with Gasteiger partial charge < -0.3 is 4.90 Å². The van der Waals surface area contributed by atoms with Crippen molar-refractivity contribution in [3.8, 4) is 0 Å². The number of nitrogens with zero attached hydrogens (tertiary/aromatic N) is 1. The van der Waals surface area contributed by atoms with Crippen molar-refractivity contribution >= 4 is 9.84 Å². The topological polar surface area (TPSA) is 37.4 Å². The Balaban J connectivity index is 2.08. The van der Waals surface area contributed by atoms with E-state index >= 15 is 0 Å². The monoisotopic (exact) mass is 295 g/mol. The highest BCUT2D eigenvalue weighted by molar-refractivity contribution is 7.90. The largest absolute Gasteiger partial charge is 0.301 e. The highest BCUT2D eigenvalue weighted by Crippen LogP contribution is 2.30. The summed E-state index contributed by atoms with van der Waals surface area (Å²) in [6, 6.07) is 8.13. The van der Waals surface area contributed by atoms with Crippen LogP contribution in [0.5, 0.6) is 0 Å². The predicted octanol–water partition coefficient (Wildman–Crippen LogP) is 3.07. The van der Waals surface area contributed by atoms with Crippen LogP contribution in [0.4, 0.5) is 0 Å². The van der Waals surface area contributed by atoms with E-state index in [9.17, 15) is 8.42 Å². The van der Waals surface area contributed by atoms with Crippen molar-refractivity contribution in [3.05, 3.63) is 29.8 Å². The highest BCUT2D eigenvalue weighted by Gasteiger charge is 2.23. The third kappa shape index (κ3) is 3.61. The zero-order chi connectivity index (χ0) is 14.8. The van der Waals surface area contributed by atoms with E-state index in [1.807, 2.05) is 12.1 Å². The summed E-state index contributed by atoms with van der Waals surface area (Å²) in [5.74, 6) is 0.497. The number of piperidine rings is 1. The second-order valence-corrected chi connectivity index (χ2v) is 7.93. The van der Waals surface area contributed by atoms with Crippen LogP contribution in [-0.2, 0) is 9.84 Å². The van der Waals surface area contributed by atoms with Gasteiger partial charge in [-0.1, -0.05) is 19.1 Å². The van der Waals surface area contributed by atoms with Gasteiger partial charge in [-0.15, -0.1) is 0 Å². The number of benzene rings is 1. The van der Waals surface area contributed by atoms with Crippen LogP contribution in [-0.4, -0.2) is 38.7 Å². The fourth-order valence-electron chi connectivity index (χ4n) is 2.93. The van der Waals surface area contributed by atoms with Crippen molar-refractivity contribution in [1.29, 1.82) is 0 Å². The van der Waals surface area contributed by atoms with Gasteiger partial charge >= 0.3 is 0 Å². The maximum absolute atomic E-state index is 11.6. The molecule has 1 fully saturated rings. The lowest BCUT2D eigenvalue weighted by Crippen LogP contribution is -2.39. The van der Waals surface area contributed by atoms with Crippen LogP contribution in [0.1, 0.15) is 44.6 Å². The number of rotatable bonds is 4. The first-order valence-corrected chi connectivity index (χ1v) is 9.35. The van der Waals surface area contributed by atoms with E-state index in [4.69, 9.17) is 0 Å². The number of hydrogen-bond donors (Lipinski definition) is 0. The molecule has 4 heteroatoms. The van der Waals surface area contributed by atoms with E-state index in [-0.39, 0.29) is 0 Å². The molecule has 0 spiro atoms. The predicted molar refractivity (Wildman–Crippen MR) is 82.9 cm³/mol. The van der Waals surface area contributed by atoms with Gasteiger partial charge in [0.25, 0.3) is 0 Å². The summed E-state index contributed by atoms with van der Waals surface area (Å²) in [6.45, 7) is 6.74. The summed E-state index contributed by atoms with van der Waals surface area (Å²) in [7, 11) is -3.10. The van der Waals surface area contributed by atoms with Crippen LogP contribution in [0.3, 0.4) is 0 Å². The van der Waals surface area contributed by atoms with Crippen molar-refractivity contribution in [3.63, 3.8) is 0 Å². The van der Waals surface area contributed by atoms with Gasteiger partial charge in [0.2, 0.25) is 0 Å². The van der Waals surface area contributed by atoms with Gasteiger partial charge in [-0.2, -0.15) is 0 Å². The minimum absolute atomic E-state index is 0.444. The Morgan fingerprint density at radius 1 is 1.30 bits per heavy atom. The molecule has 0 bridgehead atoms. The van der Waals surface area contributed by atoms with Crippen molar-refractivity contribution in [1.82, 2.24) is 4.90 Å². The van der Waals surface area contributed by atoms with Crippen LogP contribution in [0.2, 0.25) is 0 Å². The Bertz CT molecular complexity index is 545. The molecule has 0 N–H and O–H groups in total. The average molecular weight is 295 g/mol. The zero-order valence-electron chi connectivity index (χ0n) is 12.7. The van der Waals surface area contributed by atoms with E-state index in [1.165, 1.54) is 18.2 Å². The third-order valence-electron chi connectivity index (χ3n) is 4.50. The van der Waals surface area contributed by atoms with Gasteiger partial charge in [-0.3, -0.25) is 0 Å². The molecule has 0 aromatic heterocycles. The molecule has 1 atom stereocenters.